The van der Waals surface area contributed by atoms with E-state index in [9.17, 15) is 51.1 Å². The zero-order chi connectivity index (χ0) is 56.3. The van der Waals surface area contributed by atoms with Crippen LogP contribution in [0, 0.1) is 18.8 Å². The van der Waals surface area contributed by atoms with Crippen LogP contribution in [0.5, 0.6) is 17.2 Å². The van der Waals surface area contributed by atoms with Gasteiger partial charge in [-0.05, 0) is 84.9 Å². The van der Waals surface area contributed by atoms with Crippen LogP contribution in [0.25, 0.3) is 10.8 Å². The molecule has 0 saturated carbocycles. The van der Waals surface area contributed by atoms with Crippen LogP contribution in [0.15, 0.2) is 12.1 Å². The maximum absolute atomic E-state index is 15.2. The van der Waals surface area contributed by atoms with Crippen LogP contribution >= 0.6 is 0 Å². The molecule has 0 bridgehead atoms. The molecule has 23 heteroatoms. The largest absolute Gasteiger partial charge is 0.507 e. The Morgan fingerprint density at radius 3 is 1.71 bits per heavy atom. The number of Topliss-reactive ketones (excluding diaryl/α,β-unsaturated/α-hetero) is 1. The Labute approximate surface area is 448 Å². The van der Waals surface area contributed by atoms with Crippen LogP contribution in [0.3, 0.4) is 0 Å². The lowest BCUT2D eigenvalue weighted by Gasteiger charge is -2.46. The Kier molecular flexibility index (Phi) is 18.9. The number of carbonyl (C=O) groups excluding carboxylic acids is 1. The summed E-state index contributed by atoms with van der Waals surface area (Å²) in [4.78, 5) is 15.2. The molecule has 5 saturated heterocycles. The van der Waals surface area contributed by atoms with Crippen LogP contribution in [0.1, 0.15) is 109 Å². The number of aromatic hydroxyl groups is 2. The summed E-state index contributed by atoms with van der Waals surface area (Å²) in [6.45, 7) is 14.4. The predicted octanol–water partition coefficient (Wildman–Crippen LogP) is 1.47. The quantitative estimate of drug-likeness (QED) is 0.114. The van der Waals surface area contributed by atoms with Crippen molar-refractivity contribution in [2.24, 2.45) is 11.8 Å². The van der Waals surface area contributed by atoms with Gasteiger partial charge in [-0.25, -0.2) is 0 Å². The van der Waals surface area contributed by atoms with Gasteiger partial charge in [0.15, 0.2) is 30.9 Å². The second kappa shape index (κ2) is 24.2. The molecule has 0 spiro atoms. The molecule has 0 amide bonds. The van der Waals surface area contributed by atoms with Crippen LogP contribution < -0.4 is 4.74 Å². The predicted molar refractivity (Wildman–Crippen MR) is 268 cm³/mol. The summed E-state index contributed by atoms with van der Waals surface area (Å²) < 4.78 is 73.2. The van der Waals surface area contributed by atoms with E-state index in [1.807, 2.05) is 0 Å². The number of carbonyl (C=O) groups is 1. The number of hydrogen-bond acceptors (Lipinski definition) is 23. The molecule has 1 aliphatic carbocycles. The first-order valence-corrected chi connectivity index (χ1v) is 26.9. The third-order valence-corrected chi connectivity index (χ3v) is 16.7. The van der Waals surface area contributed by atoms with E-state index in [2.05, 4.69) is 0 Å². The number of aliphatic hydroxyl groups excluding tert-OH is 7. The molecule has 5 heterocycles. The number of aliphatic hydroxyl groups is 8. The van der Waals surface area contributed by atoms with Gasteiger partial charge in [-0.1, -0.05) is 6.92 Å². The summed E-state index contributed by atoms with van der Waals surface area (Å²) in [6.07, 6.45) is -22.6. The van der Waals surface area contributed by atoms with Gasteiger partial charge in [-0.2, -0.15) is 0 Å². The molecule has 26 atom stereocenters. The highest BCUT2D eigenvalue weighted by atomic mass is 16.7. The summed E-state index contributed by atoms with van der Waals surface area (Å²) in [5.74, 6) is -3.13. The van der Waals surface area contributed by atoms with E-state index in [-0.39, 0.29) is 66.5 Å². The number of benzene rings is 2. The zero-order valence-corrected chi connectivity index (χ0v) is 45.6. The van der Waals surface area contributed by atoms with Crippen molar-refractivity contribution in [1.29, 1.82) is 0 Å². The third kappa shape index (κ3) is 12.4. The highest BCUT2D eigenvalue weighted by Gasteiger charge is 2.51. The molecule has 2 aromatic carbocycles. The number of phenolic OH excluding ortho intramolecular Hbond substituents is 2. The van der Waals surface area contributed by atoms with Crippen LogP contribution in [-0.4, -0.2) is 218 Å². The Morgan fingerprint density at radius 2 is 1.18 bits per heavy atom. The number of ether oxygens (including phenoxy) is 12. The highest BCUT2D eigenvalue weighted by molar-refractivity contribution is 6.11. The Morgan fingerprint density at radius 1 is 0.675 bits per heavy atom. The smallest absolute Gasteiger partial charge is 0.202 e. The lowest BCUT2D eigenvalue weighted by molar-refractivity contribution is -0.334. The number of fused-ring (bicyclic) bond motifs is 2. The van der Waals surface area contributed by atoms with Crippen molar-refractivity contribution < 1.29 is 113 Å². The second-order valence-corrected chi connectivity index (χ2v) is 22.5. The van der Waals surface area contributed by atoms with Crippen molar-refractivity contribution >= 4 is 16.6 Å². The molecule has 23 nitrogen and oxygen atoms in total. The average Bonchev–Trinajstić information content (AvgIpc) is 3.36. The van der Waals surface area contributed by atoms with E-state index < -0.39 is 170 Å². The van der Waals surface area contributed by atoms with E-state index in [4.69, 9.17) is 56.8 Å². The SMILES string of the molecule is COC1C(O)CC(OC2CC(Oc3cc4cc5c(c(O)c4c(O)c3C)C(=O)C(OC3CC(OC4CC(OC6CC(C)(O)C(O)C(C)O6)C(O)C(C)O4)C(O)C(C)O3)C(C(OC)C(C)C(O)C(C)O)C5)OC(C)C2O)OC1C. The van der Waals surface area contributed by atoms with Gasteiger partial charge in [0.1, 0.15) is 53.9 Å². The van der Waals surface area contributed by atoms with E-state index in [0.29, 0.717) is 10.9 Å². The molecule has 436 valence electrons. The van der Waals surface area contributed by atoms with Gasteiger partial charge in [-0.15, -0.1) is 0 Å². The molecule has 8 rings (SSSR count). The lowest BCUT2D eigenvalue weighted by Crippen LogP contribution is -2.58. The van der Waals surface area contributed by atoms with Crippen molar-refractivity contribution in [3.8, 4) is 17.2 Å². The fourth-order valence-electron chi connectivity index (χ4n) is 12.2. The highest BCUT2D eigenvalue weighted by Crippen LogP contribution is 2.48. The van der Waals surface area contributed by atoms with Crippen molar-refractivity contribution in [3.05, 3.63) is 28.8 Å². The van der Waals surface area contributed by atoms with Crippen molar-refractivity contribution in [2.45, 2.75) is 248 Å². The van der Waals surface area contributed by atoms with Gasteiger partial charge in [0.2, 0.25) is 6.29 Å². The van der Waals surface area contributed by atoms with Gasteiger partial charge in [-0.3, -0.25) is 4.79 Å². The number of methoxy groups -OCH3 is 2. The fraction of sp³-hybridized carbons (Fsp3) is 0.796. The van der Waals surface area contributed by atoms with Crippen molar-refractivity contribution in [3.63, 3.8) is 0 Å². The van der Waals surface area contributed by atoms with E-state index in [1.54, 1.807) is 60.6 Å². The first kappa shape index (κ1) is 60.1. The molecule has 0 aromatic heterocycles. The Balaban J connectivity index is 1.04. The first-order valence-electron chi connectivity index (χ1n) is 26.9. The molecule has 10 N–H and O–H groups in total. The lowest BCUT2D eigenvalue weighted by atomic mass is 9.72. The van der Waals surface area contributed by atoms with Crippen molar-refractivity contribution in [1.82, 2.24) is 0 Å². The van der Waals surface area contributed by atoms with Crippen LogP contribution in [0.4, 0.5) is 0 Å². The summed E-state index contributed by atoms with van der Waals surface area (Å²) >= 11 is 0. The zero-order valence-electron chi connectivity index (χ0n) is 45.6. The number of hydrogen-bond donors (Lipinski definition) is 10. The van der Waals surface area contributed by atoms with E-state index in [0.717, 1.165) is 0 Å². The van der Waals surface area contributed by atoms with Gasteiger partial charge < -0.3 is 108 Å². The molecular weight excluding hydrogens is 1020 g/mol. The minimum Gasteiger partial charge on any atom is -0.507 e. The van der Waals surface area contributed by atoms with Gasteiger partial charge in [0.25, 0.3) is 0 Å². The Hall–Kier alpha value is -2.99. The second-order valence-electron chi connectivity index (χ2n) is 22.5. The number of rotatable bonds is 16. The molecule has 77 heavy (non-hydrogen) atoms. The summed E-state index contributed by atoms with van der Waals surface area (Å²) in [5, 5.41) is 112. The molecule has 26 unspecified atom stereocenters. The fourth-order valence-corrected chi connectivity index (χ4v) is 12.2. The minimum absolute atomic E-state index is 0.0114. The molecule has 6 aliphatic rings. The van der Waals surface area contributed by atoms with Crippen LogP contribution in [0.2, 0.25) is 0 Å². The maximum Gasteiger partial charge on any atom is 0.202 e. The standard InChI is InChI=1S/C54H82O23/c1-20-32(73-37-16-33(45(59)23(4)68-37)74-36-15-31(56)51(67-11)26(7)71-36)14-29-12-28-13-30(50(66-10)21(2)43(57)22(3)55)52(49(63)42(28)48(62)41(29)44(20)58)77-39-18-34(46(60)25(6)70-39)75-38-17-35(47(61)24(5)69-38)76-40-19-54(9,65)53(64)27(8)72-40/h12,14,21-27,30-31,33-40,43,45-47,50-53,55-62,64-65H,13,15-19H2,1-11H3. The number of ketones is 1. The minimum atomic E-state index is -1.52. The van der Waals surface area contributed by atoms with E-state index in [1.165, 1.54) is 28.1 Å². The summed E-state index contributed by atoms with van der Waals surface area (Å²) in [7, 11) is 2.89. The van der Waals surface area contributed by atoms with Gasteiger partial charge in [0.05, 0.1) is 89.8 Å². The molecular formula is C54H82O23. The van der Waals surface area contributed by atoms with Crippen molar-refractivity contribution in [2.75, 3.05) is 14.2 Å². The average molecular weight is 1100 g/mol. The Bertz CT molecular complexity index is 2320. The van der Waals surface area contributed by atoms with E-state index >= 15 is 4.79 Å². The first-order chi connectivity index (χ1) is 36.2. The van der Waals surface area contributed by atoms with Crippen LogP contribution in [-0.2, 0) is 58.5 Å². The van der Waals surface area contributed by atoms with Gasteiger partial charge in [0, 0.05) is 63.7 Å². The topological polar surface area (TPSA) is 330 Å². The molecule has 0 radical (unpaired) electrons. The monoisotopic (exact) mass is 1100 g/mol. The van der Waals surface area contributed by atoms with Gasteiger partial charge >= 0.3 is 0 Å². The number of phenols is 2. The normalized spacial score (nSPS) is 42.6. The molecule has 5 fully saturated rings. The summed E-state index contributed by atoms with van der Waals surface area (Å²) in [6, 6.07) is 3.24. The molecule has 5 aliphatic heterocycles. The third-order valence-electron chi connectivity index (χ3n) is 16.7. The summed E-state index contributed by atoms with van der Waals surface area (Å²) in [5.41, 5.74) is -1.11. The molecule has 2 aromatic rings. The maximum atomic E-state index is 15.2.